The second-order valence-electron chi connectivity index (χ2n) is 3.97. The first kappa shape index (κ1) is 13.3. The minimum atomic E-state index is -3.91. The standard InChI is InChI=1S/C10H11ClN2O4S/c11-10-8(2-1-5-12-10)18(16,17)13(6-9(14)15)7-3-4-7/h1-2,5,7H,3-4,6H2,(H,14,15). The first-order valence-corrected chi connectivity index (χ1v) is 7.09. The molecule has 8 heteroatoms. The lowest BCUT2D eigenvalue weighted by Gasteiger charge is -2.19. The van der Waals surface area contributed by atoms with E-state index in [1.54, 1.807) is 0 Å². The van der Waals surface area contributed by atoms with Crippen LogP contribution < -0.4 is 0 Å². The molecule has 18 heavy (non-hydrogen) atoms. The Bertz CT molecular complexity index is 571. The Morgan fingerprint density at radius 1 is 1.56 bits per heavy atom. The summed E-state index contributed by atoms with van der Waals surface area (Å²) in [6.07, 6.45) is 2.72. The molecule has 0 aliphatic heterocycles. The molecule has 2 rings (SSSR count). The zero-order valence-corrected chi connectivity index (χ0v) is 10.9. The van der Waals surface area contributed by atoms with Crippen LogP contribution in [0.5, 0.6) is 0 Å². The lowest BCUT2D eigenvalue weighted by molar-refractivity contribution is -0.137. The Hall–Kier alpha value is -1.18. The van der Waals surface area contributed by atoms with Crippen molar-refractivity contribution in [3.8, 4) is 0 Å². The van der Waals surface area contributed by atoms with Crippen LogP contribution in [-0.4, -0.2) is 41.4 Å². The number of hydrogen-bond donors (Lipinski definition) is 1. The van der Waals surface area contributed by atoms with E-state index in [0.717, 1.165) is 4.31 Å². The van der Waals surface area contributed by atoms with Gasteiger partial charge in [0.05, 0.1) is 0 Å². The molecule has 0 radical (unpaired) electrons. The van der Waals surface area contributed by atoms with Gasteiger partial charge in [0.1, 0.15) is 16.6 Å². The fourth-order valence-corrected chi connectivity index (χ4v) is 3.66. The summed E-state index contributed by atoms with van der Waals surface area (Å²) in [5, 5.41) is 8.64. The van der Waals surface area contributed by atoms with Gasteiger partial charge in [0.15, 0.2) is 0 Å². The Kier molecular flexibility index (Phi) is 3.56. The van der Waals surface area contributed by atoms with Crippen molar-refractivity contribution in [1.29, 1.82) is 0 Å². The van der Waals surface area contributed by atoms with Crippen LogP contribution in [0.15, 0.2) is 23.2 Å². The lowest BCUT2D eigenvalue weighted by atomic mass is 10.5. The van der Waals surface area contributed by atoms with Crippen molar-refractivity contribution in [2.45, 2.75) is 23.8 Å². The molecule has 0 atom stereocenters. The summed E-state index contributed by atoms with van der Waals surface area (Å²) in [5.41, 5.74) is 0. The molecule has 0 aromatic carbocycles. The van der Waals surface area contributed by atoms with Crippen LogP contribution in [0.3, 0.4) is 0 Å². The van der Waals surface area contributed by atoms with Crippen LogP contribution in [-0.2, 0) is 14.8 Å². The topological polar surface area (TPSA) is 87.6 Å². The number of aliphatic carboxylic acids is 1. The molecule has 1 fully saturated rings. The van der Waals surface area contributed by atoms with E-state index in [9.17, 15) is 13.2 Å². The molecule has 0 unspecified atom stereocenters. The highest BCUT2D eigenvalue weighted by Gasteiger charge is 2.40. The Labute approximate surface area is 109 Å². The number of pyridine rings is 1. The zero-order valence-electron chi connectivity index (χ0n) is 9.28. The normalized spacial score (nSPS) is 15.9. The number of halogens is 1. The summed E-state index contributed by atoms with van der Waals surface area (Å²) in [6, 6.07) is 2.52. The Balaban J connectivity index is 2.39. The molecular formula is C10H11ClN2O4S. The van der Waals surface area contributed by atoms with Crippen molar-refractivity contribution in [1.82, 2.24) is 9.29 Å². The summed E-state index contributed by atoms with van der Waals surface area (Å²) < 4.78 is 25.6. The van der Waals surface area contributed by atoms with E-state index in [4.69, 9.17) is 16.7 Å². The van der Waals surface area contributed by atoms with E-state index in [1.807, 2.05) is 0 Å². The molecule has 1 saturated carbocycles. The van der Waals surface area contributed by atoms with Crippen LogP contribution in [0.1, 0.15) is 12.8 Å². The Morgan fingerprint density at radius 2 is 2.22 bits per heavy atom. The predicted octanol–water partition coefficient (Wildman–Crippen LogP) is 0.973. The predicted molar refractivity (Wildman–Crippen MR) is 63.8 cm³/mol. The highest BCUT2D eigenvalue weighted by atomic mass is 35.5. The summed E-state index contributed by atoms with van der Waals surface area (Å²) in [5.74, 6) is -1.19. The molecular weight excluding hydrogens is 280 g/mol. The molecule has 0 bridgehead atoms. The molecule has 1 aromatic heterocycles. The number of carbonyl (C=O) groups is 1. The Morgan fingerprint density at radius 3 is 2.72 bits per heavy atom. The molecule has 1 aromatic rings. The van der Waals surface area contributed by atoms with Crippen molar-refractivity contribution in [3.63, 3.8) is 0 Å². The van der Waals surface area contributed by atoms with Gasteiger partial charge in [0.25, 0.3) is 0 Å². The van der Waals surface area contributed by atoms with Crippen LogP contribution in [0.4, 0.5) is 0 Å². The van der Waals surface area contributed by atoms with Gasteiger partial charge in [-0.2, -0.15) is 4.31 Å². The number of carboxylic acid groups (broad SMARTS) is 1. The molecule has 1 aliphatic carbocycles. The summed E-state index contributed by atoms with van der Waals surface area (Å²) in [6.45, 7) is -0.557. The number of rotatable bonds is 5. The van der Waals surface area contributed by atoms with Crippen LogP contribution >= 0.6 is 11.6 Å². The minimum Gasteiger partial charge on any atom is -0.480 e. The van der Waals surface area contributed by atoms with Gasteiger partial charge >= 0.3 is 5.97 Å². The van der Waals surface area contributed by atoms with Crippen molar-refractivity contribution in [3.05, 3.63) is 23.5 Å². The third-order valence-electron chi connectivity index (χ3n) is 2.56. The third-order valence-corrected chi connectivity index (χ3v) is 4.90. The number of nitrogens with zero attached hydrogens (tertiary/aromatic N) is 2. The highest BCUT2D eigenvalue weighted by molar-refractivity contribution is 7.89. The maximum absolute atomic E-state index is 12.3. The fourth-order valence-electron chi connectivity index (χ4n) is 1.60. The molecule has 6 nitrogen and oxygen atoms in total. The largest absolute Gasteiger partial charge is 0.480 e. The average molecular weight is 291 g/mol. The van der Waals surface area contributed by atoms with Gasteiger partial charge in [-0.3, -0.25) is 4.79 Å². The van der Waals surface area contributed by atoms with E-state index >= 15 is 0 Å². The quantitative estimate of drug-likeness (QED) is 0.817. The van der Waals surface area contributed by atoms with E-state index < -0.39 is 22.5 Å². The molecule has 0 spiro atoms. The second kappa shape index (κ2) is 4.83. The number of aromatic nitrogens is 1. The summed E-state index contributed by atoms with van der Waals surface area (Å²) in [4.78, 5) is 14.3. The summed E-state index contributed by atoms with van der Waals surface area (Å²) in [7, 11) is -3.91. The second-order valence-corrected chi connectivity index (χ2v) is 6.18. The van der Waals surface area contributed by atoms with Gasteiger partial charge < -0.3 is 5.11 Å². The average Bonchev–Trinajstić information content (AvgIpc) is 3.09. The molecule has 1 heterocycles. The zero-order chi connectivity index (χ0) is 13.3. The van der Waals surface area contributed by atoms with Crippen molar-refractivity contribution in [2.24, 2.45) is 0 Å². The minimum absolute atomic E-state index is 0.145. The van der Waals surface area contributed by atoms with E-state index in [0.29, 0.717) is 12.8 Å². The first-order chi connectivity index (χ1) is 8.43. The van der Waals surface area contributed by atoms with E-state index in [-0.39, 0.29) is 16.1 Å². The molecule has 0 amide bonds. The molecule has 98 valence electrons. The third kappa shape index (κ3) is 2.63. The van der Waals surface area contributed by atoms with Crippen LogP contribution in [0.25, 0.3) is 0 Å². The van der Waals surface area contributed by atoms with Crippen molar-refractivity contribution < 1.29 is 18.3 Å². The van der Waals surface area contributed by atoms with Crippen LogP contribution in [0, 0.1) is 0 Å². The number of hydrogen-bond acceptors (Lipinski definition) is 4. The van der Waals surface area contributed by atoms with Crippen molar-refractivity contribution in [2.75, 3.05) is 6.54 Å². The van der Waals surface area contributed by atoms with E-state index in [2.05, 4.69) is 4.98 Å². The first-order valence-electron chi connectivity index (χ1n) is 5.27. The van der Waals surface area contributed by atoms with Gasteiger partial charge in [-0.1, -0.05) is 11.6 Å². The molecule has 0 saturated heterocycles. The smallest absolute Gasteiger partial charge is 0.318 e. The van der Waals surface area contributed by atoms with Gasteiger partial charge in [0, 0.05) is 12.2 Å². The maximum atomic E-state index is 12.3. The summed E-state index contributed by atoms with van der Waals surface area (Å²) >= 11 is 5.75. The lowest BCUT2D eigenvalue weighted by Crippen LogP contribution is -2.37. The van der Waals surface area contributed by atoms with E-state index in [1.165, 1.54) is 18.3 Å². The van der Waals surface area contributed by atoms with Gasteiger partial charge in [-0.15, -0.1) is 0 Å². The van der Waals surface area contributed by atoms with Gasteiger partial charge in [-0.05, 0) is 25.0 Å². The maximum Gasteiger partial charge on any atom is 0.318 e. The van der Waals surface area contributed by atoms with Gasteiger partial charge in [-0.25, -0.2) is 13.4 Å². The van der Waals surface area contributed by atoms with Gasteiger partial charge in [0.2, 0.25) is 10.0 Å². The monoisotopic (exact) mass is 290 g/mol. The molecule has 1 N–H and O–H groups in total. The molecule has 1 aliphatic rings. The SMILES string of the molecule is O=C(O)CN(C1CC1)S(=O)(=O)c1cccnc1Cl. The van der Waals surface area contributed by atoms with Crippen molar-refractivity contribution >= 4 is 27.6 Å². The number of carboxylic acids is 1. The fraction of sp³-hybridized carbons (Fsp3) is 0.400. The van der Waals surface area contributed by atoms with Crippen LogP contribution in [0.2, 0.25) is 5.15 Å². The number of sulfonamides is 1. The highest BCUT2D eigenvalue weighted by Crippen LogP contribution is 2.33.